The van der Waals surface area contributed by atoms with Crippen molar-refractivity contribution < 1.29 is 19.4 Å². The topological polar surface area (TPSA) is 96.5 Å². The summed E-state index contributed by atoms with van der Waals surface area (Å²) in [6, 6.07) is 11.6. The minimum atomic E-state index is -1.02. The van der Waals surface area contributed by atoms with Gasteiger partial charge in [0, 0.05) is 18.2 Å². The summed E-state index contributed by atoms with van der Waals surface area (Å²) in [7, 11) is 0. The first-order chi connectivity index (χ1) is 13.1. The summed E-state index contributed by atoms with van der Waals surface area (Å²) < 4.78 is 5.35. The molecule has 0 unspecified atom stereocenters. The molecule has 0 atom stereocenters. The van der Waals surface area contributed by atoms with Crippen molar-refractivity contribution in [2.45, 2.75) is 32.8 Å². The fourth-order valence-electron chi connectivity index (χ4n) is 2.92. The van der Waals surface area contributed by atoms with Crippen LogP contribution in [0.25, 0.3) is 10.8 Å². The lowest BCUT2D eigenvalue weighted by molar-refractivity contribution is 0.00693. The molecule has 0 saturated carbocycles. The third-order valence-corrected chi connectivity index (χ3v) is 4.23. The lowest BCUT2D eigenvalue weighted by Gasteiger charge is -2.19. The van der Waals surface area contributed by atoms with E-state index >= 15 is 0 Å². The molecule has 144 valence electrons. The van der Waals surface area contributed by atoms with Gasteiger partial charge in [0.05, 0.1) is 11.1 Å². The number of pyridine rings is 1. The molecule has 1 aromatic heterocycles. The molecule has 6 heteroatoms. The van der Waals surface area contributed by atoms with Crippen LogP contribution in [0.5, 0.6) is 0 Å². The molecule has 2 aromatic carbocycles. The van der Waals surface area contributed by atoms with Gasteiger partial charge in [-0.2, -0.15) is 0 Å². The molecule has 28 heavy (non-hydrogen) atoms. The van der Waals surface area contributed by atoms with Crippen LogP contribution in [0.4, 0.5) is 0 Å². The fourth-order valence-corrected chi connectivity index (χ4v) is 2.92. The van der Waals surface area contributed by atoms with Crippen molar-refractivity contribution in [2.24, 2.45) is 0 Å². The van der Waals surface area contributed by atoms with Crippen molar-refractivity contribution in [3.05, 3.63) is 81.3 Å². The number of benzene rings is 2. The predicted octanol–water partition coefficient (Wildman–Crippen LogP) is 3.77. The highest BCUT2D eigenvalue weighted by molar-refractivity contribution is 5.95. The van der Waals surface area contributed by atoms with Gasteiger partial charge in [-0.3, -0.25) is 4.79 Å². The zero-order valence-corrected chi connectivity index (χ0v) is 15.9. The van der Waals surface area contributed by atoms with E-state index in [1.54, 1.807) is 30.3 Å². The van der Waals surface area contributed by atoms with Crippen molar-refractivity contribution in [3.63, 3.8) is 0 Å². The van der Waals surface area contributed by atoms with Crippen LogP contribution in [-0.4, -0.2) is 27.6 Å². The SMILES string of the molecule is CC(C)(C)OC(=O)c1ccc(Cc2c(=O)[nH]cc3cc(C(=O)O)ccc23)cc1. The van der Waals surface area contributed by atoms with E-state index in [9.17, 15) is 14.4 Å². The summed E-state index contributed by atoms with van der Waals surface area (Å²) in [5, 5.41) is 10.5. The number of H-pyrrole nitrogens is 1. The monoisotopic (exact) mass is 379 g/mol. The third-order valence-electron chi connectivity index (χ3n) is 4.23. The number of carbonyl (C=O) groups is 2. The van der Waals surface area contributed by atoms with E-state index in [0.717, 1.165) is 5.56 Å². The molecule has 0 bridgehead atoms. The van der Waals surface area contributed by atoms with Gasteiger partial charge in [0.2, 0.25) is 0 Å². The lowest BCUT2D eigenvalue weighted by atomic mass is 9.98. The van der Waals surface area contributed by atoms with E-state index in [1.807, 2.05) is 20.8 Å². The lowest BCUT2D eigenvalue weighted by Crippen LogP contribution is -2.23. The molecule has 0 aliphatic carbocycles. The summed E-state index contributed by atoms with van der Waals surface area (Å²) in [4.78, 5) is 38.3. The molecule has 1 heterocycles. The molecule has 0 spiro atoms. The Balaban J connectivity index is 1.90. The van der Waals surface area contributed by atoms with Crippen LogP contribution >= 0.6 is 0 Å². The Hall–Kier alpha value is -3.41. The molecule has 3 rings (SSSR count). The van der Waals surface area contributed by atoms with Gasteiger partial charge < -0.3 is 14.8 Å². The van der Waals surface area contributed by atoms with Crippen LogP contribution in [0, 0.1) is 0 Å². The maximum Gasteiger partial charge on any atom is 0.338 e. The molecule has 0 aliphatic rings. The first kappa shape index (κ1) is 19.4. The number of aromatic amines is 1. The minimum absolute atomic E-state index is 0.159. The van der Waals surface area contributed by atoms with Crippen LogP contribution in [0.1, 0.15) is 52.6 Å². The third kappa shape index (κ3) is 4.28. The number of carboxylic acids is 1. The highest BCUT2D eigenvalue weighted by Gasteiger charge is 2.18. The Morgan fingerprint density at radius 2 is 1.68 bits per heavy atom. The van der Waals surface area contributed by atoms with Gasteiger partial charge in [-0.15, -0.1) is 0 Å². The Morgan fingerprint density at radius 3 is 2.29 bits per heavy atom. The standard InChI is InChI=1S/C22H21NO5/c1-22(2,3)28-21(27)14-6-4-13(5-7-14)10-18-17-9-8-15(20(25)26)11-16(17)12-23-19(18)24/h4-9,11-12H,10H2,1-3H3,(H,23,24)(H,25,26). The van der Waals surface area contributed by atoms with Gasteiger partial charge in [0.25, 0.3) is 5.56 Å². The molecule has 0 aliphatic heterocycles. The Kier molecular flexibility index (Phi) is 5.05. The van der Waals surface area contributed by atoms with E-state index in [2.05, 4.69) is 4.98 Å². The normalized spacial score (nSPS) is 11.4. The first-order valence-electron chi connectivity index (χ1n) is 8.84. The molecular weight excluding hydrogens is 358 g/mol. The Labute approximate surface area is 161 Å². The number of carboxylic acid groups (broad SMARTS) is 1. The second-order valence-electron chi connectivity index (χ2n) is 7.58. The number of fused-ring (bicyclic) bond motifs is 1. The predicted molar refractivity (Wildman–Crippen MR) is 106 cm³/mol. The highest BCUT2D eigenvalue weighted by atomic mass is 16.6. The first-order valence-corrected chi connectivity index (χ1v) is 8.84. The van der Waals surface area contributed by atoms with Crippen LogP contribution in [-0.2, 0) is 11.2 Å². The van der Waals surface area contributed by atoms with Crippen LogP contribution < -0.4 is 5.56 Å². The fraction of sp³-hybridized carbons (Fsp3) is 0.227. The van der Waals surface area contributed by atoms with Gasteiger partial charge >= 0.3 is 11.9 Å². The molecule has 6 nitrogen and oxygen atoms in total. The van der Waals surface area contributed by atoms with Gasteiger partial charge in [0.1, 0.15) is 5.60 Å². The summed E-state index contributed by atoms with van der Waals surface area (Å²) in [6.07, 6.45) is 1.87. The summed E-state index contributed by atoms with van der Waals surface area (Å²) in [5.74, 6) is -1.42. The quantitative estimate of drug-likeness (QED) is 0.673. The summed E-state index contributed by atoms with van der Waals surface area (Å²) in [6.45, 7) is 5.42. The van der Waals surface area contributed by atoms with E-state index in [-0.39, 0.29) is 11.1 Å². The number of rotatable bonds is 4. The van der Waals surface area contributed by atoms with Gasteiger partial charge in [-0.25, -0.2) is 9.59 Å². The summed E-state index contributed by atoms with van der Waals surface area (Å²) >= 11 is 0. The number of ether oxygens (including phenoxy) is 1. The molecule has 0 saturated heterocycles. The van der Waals surface area contributed by atoms with Crippen molar-refractivity contribution in [3.8, 4) is 0 Å². The van der Waals surface area contributed by atoms with Crippen molar-refractivity contribution in [2.75, 3.05) is 0 Å². The minimum Gasteiger partial charge on any atom is -0.478 e. The summed E-state index contributed by atoms with van der Waals surface area (Å²) in [5.41, 5.74) is 1.20. The van der Waals surface area contributed by atoms with Crippen LogP contribution in [0.2, 0.25) is 0 Å². The number of nitrogens with one attached hydrogen (secondary N) is 1. The van der Waals surface area contributed by atoms with E-state index < -0.39 is 17.5 Å². The molecular formula is C22H21NO5. The second-order valence-corrected chi connectivity index (χ2v) is 7.58. The van der Waals surface area contributed by atoms with Crippen LogP contribution in [0.3, 0.4) is 0 Å². The Morgan fingerprint density at radius 1 is 1.04 bits per heavy atom. The van der Waals surface area contributed by atoms with Crippen molar-refractivity contribution in [1.82, 2.24) is 4.98 Å². The van der Waals surface area contributed by atoms with Crippen molar-refractivity contribution in [1.29, 1.82) is 0 Å². The second kappa shape index (κ2) is 7.31. The van der Waals surface area contributed by atoms with E-state index in [1.165, 1.54) is 18.3 Å². The Bertz CT molecular complexity index is 1100. The average molecular weight is 379 g/mol. The van der Waals surface area contributed by atoms with Gasteiger partial charge in [-0.05, 0) is 61.4 Å². The number of hydrogen-bond donors (Lipinski definition) is 2. The van der Waals surface area contributed by atoms with Gasteiger partial charge in [0.15, 0.2) is 0 Å². The van der Waals surface area contributed by atoms with Gasteiger partial charge in [-0.1, -0.05) is 18.2 Å². The zero-order valence-electron chi connectivity index (χ0n) is 15.9. The average Bonchev–Trinajstić information content (AvgIpc) is 2.62. The molecule has 0 fully saturated rings. The van der Waals surface area contributed by atoms with E-state index in [0.29, 0.717) is 28.3 Å². The highest BCUT2D eigenvalue weighted by Crippen LogP contribution is 2.20. The zero-order chi connectivity index (χ0) is 20.5. The number of aromatic nitrogens is 1. The number of esters is 1. The van der Waals surface area contributed by atoms with E-state index in [4.69, 9.17) is 9.84 Å². The molecule has 3 aromatic rings. The van der Waals surface area contributed by atoms with Crippen LogP contribution in [0.15, 0.2) is 53.5 Å². The molecule has 0 radical (unpaired) electrons. The molecule has 2 N–H and O–H groups in total. The smallest absolute Gasteiger partial charge is 0.338 e. The van der Waals surface area contributed by atoms with Crippen molar-refractivity contribution >= 4 is 22.7 Å². The maximum absolute atomic E-state index is 12.3. The molecule has 0 amide bonds. The number of carbonyl (C=O) groups excluding carboxylic acids is 1. The maximum atomic E-state index is 12.3. The number of aromatic carboxylic acids is 1. The largest absolute Gasteiger partial charge is 0.478 e. The number of hydrogen-bond acceptors (Lipinski definition) is 4.